The average Bonchev–Trinajstić information content (AvgIpc) is 2.17. The van der Waals surface area contributed by atoms with E-state index in [4.69, 9.17) is 0 Å². The summed E-state index contributed by atoms with van der Waals surface area (Å²) in [7, 11) is 2.09. The van der Waals surface area contributed by atoms with E-state index < -0.39 is 0 Å². The molecule has 0 aromatic carbocycles. The molecule has 0 spiro atoms. The van der Waals surface area contributed by atoms with E-state index in [1.54, 1.807) is 0 Å². The Bertz CT molecular complexity index is 114. The van der Waals surface area contributed by atoms with Crippen molar-refractivity contribution in [3.63, 3.8) is 0 Å². The van der Waals surface area contributed by atoms with Crippen LogP contribution < -0.4 is 0 Å². The summed E-state index contributed by atoms with van der Waals surface area (Å²) in [6, 6.07) is 0. The monoisotopic (exact) mass is 238 g/mol. The molecule has 0 aromatic heterocycles. The molecule has 0 saturated heterocycles. The molecule has 52 valence electrons. The summed E-state index contributed by atoms with van der Waals surface area (Å²) in [4.78, 5) is 4.47. The Balaban J connectivity index is 2.24. The van der Waals surface area contributed by atoms with Gasteiger partial charge in [0.15, 0.2) is 0 Å². The molecule has 0 N–H and O–H groups in total. The van der Waals surface area contributed by atoms with E-state index in [1.165, 1.54) is 11.0 Å². The lowest BCUT2D eigenvalue weighted by Crippen LogP contribution is -2.23. The van der Waals surface area contributed by atoms with E-state index in [0.717, 1.165) is 6.67 Å². The highest BCUT2D eigenvalue weighted by molar-refractivity contribution is 14.1. The summed E-state index contributed by atoms with van der Waals surface area (Å²) >= 11 is 2.39. The molecule has 0 bridgehead atoms. The van der Waals surface area contributed by atoms with Crippen molar-refractivity contribution in [3.8, 4) is 0 Å². The van der Waals surface area contributed by atoms with Gasteiger partial charge in [-0.3, -0.25) is 0 Å². The Hall–Kier alpha value is 0.0700. The zero-order valence-electron chi connectivity index (χ0n) is 5.55. The van der Waals surface area contributed by atoms with Gasteiger partial charge in [-0.15, -0.1) is 0 Å². The van der Waals surface area contributed by atoms with Crippen LogP contribution in [0.5, 0.6) is 0 Å². The normalized spacial score (nSPS) is 17.6. The van der Waals surface area contributed by atoms with Crippen LogP contribution in [0.15, 0.2) is 12.4 Å². The van der Waals surface area contributed by atoms with Crippen LogP contribution in [0, 0.1) is 0 Å². The topological polar surface area (TPSA) is 6.48 Å². The summed E-state index contributed by atoms with van der Waals surface area (Å²) in [6.45, 7) is 2.23. The van der Waals surface area contributed by atoms with E-state index in [0.29, 0.717) is 0 Å². The van der Waals surface area contributed by atoms with Crippen LogP contribution in [0.3, 0.4) is 0 Å². The second-order valence-electron chi connectivity index (χ2n) is 2.20. The number of rotatable bonds is 2. The third-order valence-electron chi connectivity index (χ3n) is 1.31. The lowest BCUT2D eigenvalue weighted by atomic mass is 10.6. The third kappa shape index (κ3) is 2.04. The molecule has 0 fully saturated rings. The van der Waals surface area contributed by atoms with Gasteiger partial charge >= 0.3 is 0 Å². The SMILES string of the molecule is CN1C=CN(CCI)C1. The highest BCUT2D eigenvalue weighted by Gasteiger charge is 2.05. The predicted molar refractivity (Wildman–Crippen MR) is 47.4 cm³/mol. The minimum atomic E-state index is 1.06. The molecule has 3 heteroatoms. The van der Waals surface area contributed by atoms with Crippen molar-refractivity contribution in [1.29, 1.82) is 0 Å². The van der Waals surface area contributed by atoms with E-state index in [2.05, 4.69) is 51.8 Å². The zero-order chi connectivity index (χ0) is 6.69. The van der Waals surface area contributed by atoms with Crippen LogP contribution in [0.25, 0.3) is 0 Å². The molecule has 2 nitrogen and oxygen atoms in total. The van der Waals surface area contributed by atoms with Gasteiger partial charge in [0.1, 0.15) is 0 Å². The fourth-order valence-electron chi connectivity index (χ4n) is 0.843. The minimum Gasteiger partial charge on any atom is -0.362 e. The maximum absolute atomic E-state index is 2.39. The number of halogens is 1. The predicted octanol–water partition coefficient (Wildman–Crippen LogP) is 1.10. The molecule has 0 aliphatic carbocycles. The molecule has 0 unspecified atom stereocenters. The molecule has 1 aliphatic rings. The largest absolute Gasteiger partial charge is 0.362 e. The molecule has 1 aliphatic heterocycles. The second-order valence-corrected chi connectivity index (χ2v) is 3.28. The van der Waals surface area contributed by atoms with Gasteiger partial charge < -0.3 is 9.80 Å². The van der Waals surface area contributed by atoms with Gasteiger partial charge in [-0.25, -0.2) is 0 Å². The van der Waals surface area contributed by atoms with Gasteiger partial charge in [0.25, 0.3) is 0 Å². The first-order valence-electron chi connectivity index (χ1n) is 3.01. The lowest BCUT2D eigenvalue weighted by molar-refractivity contribution is 0.311. The molecule has 0 atom stereocenters. The van der Waals surface area contributed by atoms with Crippen LogP contribution in [-0.2, 0) is 0 Å². The summed E-state index contributed by atoms with van der Waals surface area (Å²) in [6.07, 6.45) is 4.24. The van der Waals surface area contributed by atoms with Crippen molar-refractivity contribution >= 4 is 22.6 Å². The van der Waals surface area contributed by atoms with Crippen LogP contribution in [-0.4, -0.2) is 34.5 Å². The summed E-state index contributed by atoms with van der Waals surface area (Å²) in [5.74, 6) is 0. The fourth-order valence-corrected chi connectivity index (χ4v) is 1.46. The number of hydrogen-bond acceptors (Lipinski definition) is 2. The molecule has 0 aromatic rings. The van der Waals surface area contributed by atoms with Crippen molar-refractivity contribution in [2.45, 2.75) is 0 Å². The first kappa shape index (κ1) is 7.18. The molecule has 0 saturated carbocycles. The molecule has 9 heavy (non-hydrogen) atoms. The Morgan fingerprint density at radius 2 is 2.33 bits per heavy atom. The van der Waals surface area contributed by atoms with Gasteiger partial charge in [-0.1, -0.05) is 22.6 Å². The second kappa shape index (κ2) is 3.29. The Morgan fingerprint density at radius 1 is 1.56 bits per heavy atom. The van der Waals surface area contributed by atoms with Crippen molar-refractivity contribution in [2.24, 2.45) is 0 Å². The lowest BCUT2D eigenvalue weighted by Gasteiger charge is -2.15. The standard InChI is InChI=1S/C6H11IN2/c1-8-4-5-9(6-8)3-2-7/h4-5H,2-3,6H2,1H3. The van der Waals surface area contributed by atoms with Crippen LogP contribution in [0.2, 0.25) is 0 Å². The Morgan fingerprint density at radius 3 is 2.78 bits per heavy atom. The molecular weight excluding hydrogens is 227 g/mol. The number of hydrogen-bond donors (Lipinski definition) is 0. The Labute approximate surface area is 69.7 Å². The Kier molecular flexibility index (Phi) is 2.63. The average molecular weight is 238 g/mol. The molecule has 1 rings (SSSR count). The molecule has 0 amide bonds. The first-order chi connectivity index (χ1) is 4.33. The summed E-state index contributed by atoms with van der Waals surface area (Å²) < 4.78 is 1.20. The summed E-state index contributed by atoms with van der Waals surface area (Å²) in [5.41, 5.74) is 0. The van der Waals surface area contributed by atoms with Crippen molar-refractivity contribution in [2.75, 3.05) is 24.7 Å². The van der Waals surface area contributed by atoms with E-state index in [1.807, 2.05) is 0 Å². The smallest absolute Gasteiger partial charge is 0.0891 e. The van der Waals surface area contributed by atoms with Gasteiger partial charge in [-0.2, -0.15) is 0 Å². The maximum Gasteiger partial charge on any atom is 0.0891 e. The van der Waals surface area contributed by atoms with Gasteiger partial charge in [0, 0.05) is 30.4 Å². The highest BCUT2D eigenvalue weighted by atomic mass is 127. The van der Waals surface area contributed by atoms with Gasteiger partial charge in [0.2, 0.25) is 0 Å². The van der Waals surface area contributed by atoms with E-state index in [-0.39, 0.29) is 0 Å². The molecule has 1 heterocycles. The quantitative estimate of drug-likeness (QED) is 0.525. The molecular formula is C6H11IN2. The first-order valence-corrected chi connectivity index (χ1v) is 4.54. The van der Waals surface area contributed by atoms with Gasteiger partial charge in [-0.05, 0) is 0 Å². The fraction of sp³-hybridized carbons (Fsp3) is 0.667. The van der Waals surface area contributed by atoms with Crippen LogP contribution >= 0.6 is 22.6 Å². The van der Waals surface area contributed by atoms with E-state index >= 15 is 0 Å². The maximum atomic E-state index is 2.39. The number of nitrogens with zero attached hydrogens (tertiary/aromatic N) is 2. The summed E-state index contributed by atoms with van der Waals surface area (Å²) in [5, 5.41) is 0. The van der Waals surface area contributed by atoms with E-state index in [9.17, 15) is 0 Å². The highest BCUT2D eigenvalue weighted by Crippen LogP contribution is 2.02. The third-order valence-corrected chi connectivity index (χ3v) is 1.79. The van der Waals surface area contributed by atoms with Crippen LogP contribution in [0.1, 0.15) is 0 Å². The zero-order valence-corrected chi connectivity index (χ0v) is 7.71. The van der Waals surface area contributed by atoms with Gasteiger partial charge in [0.05, 0.1) is 6.67 Å². The minimum absolute atomic E-state index is 1.06. The number of alkyl halides is 1. The van der Waals surface area contributed by atoms with Crippen molar-refractivity contribution in [3.05, 3.63) is 12.4 Å². The van der Waals surface area contributed by atoms with Crippen LogP contribution in [0.4, 0.5) is 0 Å². The van der Waals surface area contributed by atoms with Crippen molar-refractivity contribution in [1.82, 2.24) is 9.80 Å². The molecule has 0 radical (unpaired) electrons. The van der Waals surface area contributed by atoms with Crippen molar-refractivity contribution < 1.29 is 0 Å².